The quantitative estimate of drug-likeness (QED) is 0.398. The molecule has 6 heteroatoms. The Kier molecular flexibility index (Phi) is 7.49. The zero-order valence-electron chi connectivity index (χ0n) is 13.8. The highest BCUT2D eigenvalue weighted by molar-refractivity contribution is 5.86. The van der Waals surface area contributed by atoms with E-state index in [2.05, 4.69) is 15.6 Å². The van der Waals surface area contributed by atoms with E-state index in [0.717, 1.165) is 58.0 Å². The maximum atomic E-state index is 12.1. The molecule has 1 heterocycles. The second-order valence-corrected chi connectivity index (χ2v) is 6.17. The standard InChI is InChI=1S/C16H30N4O2/c1-17-16(18-8-5-11-22-13-14-6-7-14)19-12-15(21)20-9-3-2-4-10-20/h14H,2-13H2,1H3,(H2,17,18,19). The van der Waals surface area contributed by atoms with Crippen LogP contribution in [0.15, 0.2) is 4.99 Å². The van der Waals surface area contributed by atoms with Gasteiger partial charge < -0.3 is 20.3 Å². The fourth-order valence-corrected chi connectivity index (χ4v) is 2.55. The second kappa shape index (κ2) is 9.66. The molecule has 2 aliphatic rings. The first kappa shape index (κ1) is 17.1. The highest BCUT2D eigenvalue weighted by Crippen LogP contribution is 2.28. The Morgan fingerprint density at radius 1 is 1.23 bits per heavy atom. The Bertz CT molecular complexity index is 363. The molecule has 0 atom stereocenters. The molecule has 0 radical (unpaired) electrons. The maximum Gasteiger partial charge on any atom is 0.241 e. The van der Waals surface area contributed by atoms with Crippen LogP contribution in [-0.4, -0.2) is 63.2 Å². The van der Waals surface area contributed by atoms with Gasteiger partial charge in [-0.15, -0.1) is 0 Å². The zero-order chi connectivity index (χ0) is 15.6. The molecule has 1 aliphatic heterocycles. The number of nitrogens with zero attached hydrogens (tertiary/aromatic N) is 2. The van der Waals surface area contributed by atoms with Crippen molar-refractivity contribution in [2.75, 3.05) is 46.4 Å². The Balaban J connectivity index is 1.51. The summed E-state index contributed by atoms with van der Waals surface area (Å²) >= 11 is 0. The average Bonchev–Trinajstić information content (AvgIpc) is 3.38. The fraction of sp³-hybridized carbons (Fsp3) is 0.875. The number of likely N-dealkylation sites (tertiary alicyclic amines) is 1. The summed E-state index contributed by atoms with van der Waals surface area (Å²) < 4.78 is 5.59. The largest absolute Gasteiger partial charge is 0.381 e. The number of piperidine rings is 1. The first-order valence-electron chi connectivity index (χ1n) is 8.59. The molecule has 0 unspecified atom stereocenters. The molecule has 2 fully saturated rings. The van der Waals surface area contributed by atoms with Crippen LogP contribution in [0, 0.1) is 5.92 Å². The van der Waals surface area contributed by atoms with Gasteiger partial charge in [-0.2, -0.15) is 0 Å². The van der Waals surface area contributed by atoms with Crippen LogP contribution in [0.4, 0.5) is 0 Å². The monoisotopic (exact) mass is 310 g/mol. The molecule has 1 amide bonds. The predicted molar refractivity (Wildman–Crippen MR) is 88.0 cm³/mol. The molecule has 22 heavy (non-hydrogen) atoms. The summed E-state index contributed by atoms with van der Waals surface area (Å²) in [6.07, 6.45) is 7.11. The van der Waals surface area contributed by atoms with E-state index >= 15 is 0 Å². The summed E-state index contributed by atoms with van der Waals surface area (Å²) in [6, 6.07) is 0. The van der Waals surface area contributed by atoms with Crippen molar-refractivity contribution < 1.29 is 9.53 Å². The van der Waals surface area contributed by atoms with Gasteiger partial charge in [0.1, 0.15) is 0 Å². The second-order valence-electron chi connectivity index (χ2n) is 6.17. The molecule has 0 aromatic rings. The van der Waals surface area contributed by atoms with Crippen LogP contribution in [0.25, 0.3) is 0 Å². The molecule has 0 spiro atoms. The number of nitrogens with one attached hydrogen (secondary N) is 2. The molecule has 0 aromatic carbocycles. The number of guanidine groups is 1. The van der Waals surface area contributed by atoms with Gasteiger partial charge >= 0.3 is 0 Å². The van der Waals surface area contributed by atoms with Crippen molar-refractivity contribution in [3.8, 4) is 0 Å². The van der Waals surface area contributed by atoms with Gasteiger partial charge in [-0.1, -0.05) is 0 Å². The summed E-state index contributed by atoms with van der Waals surface area (Å²) in [5.41, 5.74) is 0. The van der Waals surface area contributed by atoms with Crippen molar-refractivity contribution in [2.24, 2.45) is 10.9 Å². The first-order chi connectivity index (χ1) is 10.8. The predicted octanol–water partition coefficient (Wildman–Crippen LogP) is 0.981. The number of carbonyl (C=O) groups is 1. The number of aliphatic imine (C=N–C) groups is 1. The minimum Gasteiger partial charge on any atom is -0.381 e. The van der Waals surface area contributed by atoms with Gasteiger partial charge in [-0.05, 0) is 44.4 Å². The van der Waals surface area contributed by atoms with Gasteiger partial charge in [0.2, 0.25) is 5.91 Å². The van der Waals surface area contributed by atoms with Gasteiger partial charge in [-0.25, -0.2) is 0 Å². The van der Waals surface area contributed by atoms with E-state index in [0.29, 0.717) is 12.5 Å². The van der Waals surface area contributed by atoms with Gasteiger partial charge in [0, 0.05) is 39.9 Å². The minimum absolute atomic E-state index is 0.162. The van der Waals surface area contributed by atoms with Crippen LogP contribution in [0.1, 0.15) is 38.5 Å². The van der Waals surface area contributed by atoms with Crippen molar-refractivity contribution in [3.63, 3.8) is 0 Å². The molecule has 1 aliphatic carbocycles. The Hall–Kier alpha value is -1.30. The molecule has 1 saturated heterocycles. The Labute approximate surface area is 133 Å². The van der Waals surface area contributed by atoms with Crippen molar-refractivity contribution in [1.29, 1.82) is 0 Å². The van der Waals surface area contributed by atoms with Crippen molar-refractivity contribution in [2.45, 2.75) is 38.5 Å². The Morgan fingerprint density at radius 3 is 2.68 bits per heavy atom. The average molecular weight is 310 g/mol. The molecule has 126 valence electrons. The van der Waals surface area contributed by atoms with Crippen molar-refractivity contribution >= 4 is 11.9 Å². The first-order valence-corrected chi connectivity index (χ1v) is 8.59. The number of hydrogen-bond donors (Lipinski definition) is 2. The van der Waals surface area contributed by atoms with Gasteiger partial charge in [0.05, 0.1) is 6.54 Å². The van der Waals surface area contributed by atoms with Crippen LogP contribution >= 0.6 is 0 Å². The van der Waals surface area contributed by atoms with Gasteiger partial charge in [-0.3, -0.25) is 9.79 Å². The molecular weight excluding hydrogens is 280 g/mol. The van der Waals surface area contributed by atoms with Crippen molar-refractivity contribution in [3.05, 3.63) is 0 Å². The summed E-state index contributed by atoms with van der Waals surface area (Å²) in [7, 11) is 1.73. The molecular formula is C16H30N4O2. The van der Waals surface area contributed by atoms with Crippen molar-refractivity contribution in [1.82, 2.24) is 15.5 Å². The normalized spacial score (nSPS) is 19.1. The number of rotatable bonds is 8. The highest BCUT2D eigenvalue weighted by atomic mass is 16.5. The van der Waals surface area contributed by atoms with Crippen LogP contribution < -0.4 is 10.6 Å². The lowest BCUT2D eigenvalue weighted by molar-refractivity contribution is -0.130. The summed E-state index contributed by atoms with van der Waals surface area (Å²) in [5.74, 6) is 1.67. The van der Waals surface area contributed by atoms with Crippen LogP contribution in [-0.2, 0) is 9.53 Å². The number of ether oxygens (including phenoxy) is 1. The van der Waals surface area contributed by atoms with Crippen LogP contribution in [0.5, 0.6) is 0 Å². The molecule has 0 aromatic heterocycles. The van der Waals surface area contributed by atoms with E-state index < -0.39 is 0 Å². The molecule has 1 saturated carbocycles. The fourth-order valence-electron chi connectivity index (χ4n) is 2.55. The third kappa shape index (κ3) is 6.64. The summed E-state index contributed by atoms with van der Waals surface area (Å²) in [4.78, 5) is 18.1. The third-order valence-electron chi connectivity index (χ3n) is 4.15. The van der Waals surface area contributed by atoms with E-state index in [-0.39, 0.29) is 5.91 Å². The third-order valence-corrected chi connectivity index (χ3v) is 4.15. The van der Waals surface area contributed by atoms with E-state index in [9.17, 15) is 4.79 Å². The summed E-state index contributed by atoms with van der Waals surface area (Å²) in [5, 5.41) is 6.31. The lowest BCUT2D eigenvalue weighted by Crippen LogP contribution is -2.46. The zero-order valence-corrected chi connectivity index (χ0v) is 13.8. The molecule has 0 bridgehead atoms. The maximum absolute atomic E-state index is 12.1. The van der Waals surface area contributed by atoms with Crippen LogP contribution in [0.3, 0.4) is 0 Å². The number of hydrogen-bond acceptors (Lipinski definition) is 3. The topological polar surface area (TPSA) is 66.0 Å². The highest BCUT2D eigenvalue weighted by Gasteiger charge is 2.20. The number of carbonyl (C=O) groups excluding carboxylic acids is 1. The van der Waals surface area contributed by atoms with E-state index in [4.69, 9.17) is 4.74 Å². The Morgan fingerprint density at radius 2 is 2.00 bits per heavy atom. The van der Waals surface area contributed by atoms with Gasteiger partial charge in [0.15, 0.2) is 5.96 Å². The summed E-state index contributed by atoms with van der Waals surface area (Å²) in [6.45, 7) is 4.61. The number of amides is 1. The lowest BCUT2D eigenvalue weighted by Gasteiger charge is -2.27. The molecule has 2 rings (SSSR count). The van der Waals surface area contributed by atoms with Crippen LogP contribution in [0.2, 0.25) is 0 Å². The lowest BCUT2D eigenvalue weighted by atomic mass is 10.1. The van der Waals surface area contributed by atoms with E-state index in [1.165, 1.54) is 19.3 Å². The smallest absolute Gasteiger partial charge is 0.241 e. The minimum atomic E-state index is 0.162. The molecule has 2 N–H and O–H groups in total. The van der Waals surface area contributed by atoms with Gasteiger partial charge in [0.25, 0.3) is 0 Å². The molecule has 6 nitrogen and oxygen atoms in total. The van der Waals surface area contributed by atoms with E-state index in [1.807, 2.05) is 4.90 Å². The SMILES string of the molecule is CN=C(NCCCOCC1CC1)NCC(=O)N1CCCCC1. The van der Waals surface area contributed by atoms with E-state index in [1.54, 1.807) is 7.05 Å².